The number of carbonyl (C=O) groups excluding carboxylic acids is 2. The molecule has 0 saturated carbocycles. The van der Waals surface area contributed by atoms with Crippen LogP contribution >= 0.6 is 15.9 Å². The summed E-state index contributed by atoms with van der Waals surface area (Å²) in [5.74, 6) is -0.834. The number of halogens is 1. The van der Waals surface area contributed by atoms with Crippen LogP contribution in [0.5, 0.6) is 0 Å². The van der Waals surface area contributed by atoms with E-state index in [2.05, 4.69) is 26.3 Å². The predicted molar refractivity (Wildman–Crippen MR) is 68.8 cm³/mol. The summed E-state index contributed by atoms with van der Waals surface area (Å²) in [4.78, 5) is 23.1. The molecule has 18 heavy (non-hydrogen) atoms. The minimum atomic E-state index is -0.487. The molecule has 1 aromatic heterocycles. The third-order valence-electron chi connectivity index (χ3n) is 2.04. The summed E-state index contributed by atoms with van der Waals surface area (Å²) < 4.78 is 6.77. The lowest BCUT2D eigenvalue weighted by Gasteiger charge is -2.06. The van der Waals surface area contributed by atoms with Crippen LogP contribution in [0.1, 0.15) is 24.3 Å². The van der Waals surface area contributed by atoms with Crippen LogP contribution in [-0.2, 0) is 16.6 Å². The molecule has 0 aliphatic heterocycles. The average molecular weight is 316 g/mol. The van der Waals surface area contributed by atoms with Crippen molar-refractivity contribution in [1.29, 1.82) is 0 Å². The number of amides is 1. The van der Waals surface area contributed by atoms with E-state index in [0.717, 1.165) is 0 Å². The number of hydrogen-bond acceptors (Lipinski definition) is 4. The predicted octanol–water partition coefficient (Wildman–Crippen LogP) is 1.38. The number of nitrogens with zero attached hydrogens (tertiary/aromatic N) is 2. The second-order valence-corrected chi connectivity index (χ2v) is 4.35. The van der Waals surface area contributed by atoms with Crippen molar-refractivity contribution in [2.24, 2.45) is 7.05 Å². The molecule has 0 radical (unpaired) electrons. The van der Waals surface area contributed by atoms with Crippen LogP contribution in [-0.4, -0.2) is 28.3 Å². The fraction of sp³-hybridized carbons (Fsp3) is 0.364. The van der Waals surface area contributed by atoms with Crippen LogP contribution in [0, 0.1) is 0 Å². The fourth-order valence-corrected chi connectivity index (χ4v) is 1.83. The molecule has 0 fully saturated rings. The van der Waals surface area contributed by atoms with Gasteiger partial charge in [-0.05, 0) is 29.8 Å². The summed E-state index contributed by atoms with van der Waals surface area (Å²) in [6.07, 6.45) is 2.75. The van der Waals surface area contributed by atoms with E-state index in [1.807, 2.05) is 0 Å². The first-order valence-corrected chi connectivity index (χ1v) is 6.09. The maximum absolute atomic E-state index is 11.9. The van der Waals surface area contributed by atoms with Crippen LogP contribution in [0.4, 0.5) is 0 Å². The van der Waals surface area contributed by atoms with Gasteiger partial charge in [0.15, 0.2) is 0 Å². The Balaban J connectivity index is 2.74. The van der Waals surface area contributed by atoms with Crippen LogP contribution in [0.25, 0.3) is 0 Å². The van der Waals surface area contributed by atoms with E-state index >= 15 is 0 Å². The lowest BCUT2D eigenvalue weighted by Crippen LogP contribution is -2.25. The van der Waals surface area contributed by atoms with Gasteiger partial charge in [0.1, 0.15) is 5.69 Å². The molecule has 1 aromatic rings. The van der Waals surface area contributed by atoms with Gasteiger partial charge in [0.25, 0.3) is 5.91 Å². The van der Waals surface area contributed by atoms with Gasteiger partial charge >= 0.3 is 5.97 Å². The van der Waals surface area contributed by atoms with Gasteiger partial charge in [-0.3, -0.25) is 9.48 Å². The zero-order valence-electron chi connectivity index (χ0n) is 10.4. The molecule has 98 valence electrons. The highest BCUT2D eigenvalue weighted by Crippen LogP contribution is 2.14. The topological polar surface area (TPSA) is 73.2 Å². The summed E-state index contributed by atoms with van der Waals surface area (Å²) in [6.45, 7) is 3.62. The van der Waals surface area contributed by atoms with Crippen molar-refractivity contribution in [3.05, 3.63) is 28.1 Å². The normalized spacial score (nSPS) is 11.2. The lowest BCUT2D eigenvalue weighted by molar-refractivity contribution is -0.137. The number of aromatic nitrogens is 2. The number of carbonyl (C=O) groups is 2. The van der Waals surface area contributed by atoms with E-state index in [9.17, 15) is 9.59 Å². The molecule has 0 aromatic carbocycles. The summed E-state index contributed by atoms with van der Waals surface area (Å²) in [5.41, 5.74) is 0.790. The van der Waals surface area contributed by atoms with E-state index < -0.39 is 5.97 Å². The maximum atomic E-state index is 11.9. The van der Waals surface area contributed by atoms with Crippen molar-refractivity contribution in [2.45, 2.75) is 13.8 Å². The van der Waals surface area contributed by atoms with Crippen LogP contribution in [0.3, 0.4) is 0 Å². The van der Waals surface area contributed by atoms with Crippen molar-refractivity contribution >= 4 is 27.8 Å². The number of rotatable bonds is 4. The number of esters is 1. The van der Waals surface area contributed by atoms with Gasteiger partial charge in [0.2, 0.25) is 0 Å². The first kappa shape index (κ1) is 14.4. The molecule has 1 amide bonds. The molecule has 0 saturated heterocycles. The summed E-state index contributed by atoms with van der Waals surface area (Å²) >= 11 is 3.23. The molecule has 1 rings (SSSR count). The molecule has 0 spiro atoms. The molecule has 0 aliphatic carbocycles. The van der Waals surface area contributed by atoms with E-state index in [0.29, 0.717) is 22.5 Å². The monoisotopic (exact) mass is 315 g/mol. The summed E-state index contributed by atoms with van der Waals surface area (Å²) in [5, 5.41) is 6.52. The number of aryl methyl sites for hydroxylation is 1. The smallest absolute Gasteiger partial charge is 0.332 e. The van der Waals surface area contributed by atoms with Crippen LogP contribution in [0.2, 0.25) is 0 Å². The third-order valence-corrected chi connectivity index (χ3v) is 2.62. The minimum Gasteiger partial charge on any atom is -0.463 e. The molecule has 1 heterocycles. The second kappa shape index (κ2) is 6.34. The number of hydrogen-bond donors (Lipinski definition) is 1. The number of nitrogens with one attached hydrogen (secondary N) is 1. The third kappa shape index (κ3) is 3.69. The van der Waals surface area contributed by atoms with Gasteiger partial charge in [-0.15, -0.1) is 0 Å². The lowest BCUT2D eigenvalue weighted by atomic mass is 10.3. The SMILES string of the molecule is CCOC(=O)/C=C(\C)NC(=O)c1c(Br)cnn1C. The highest BCUT2D eigenvalue weighted by atomic mass is 79.9. The van der Waals surface area contributed by atoms with E-state index in [1.54, 1.807) is 20.9 Å². The first-order chi connectivity index (χ1) is 8.45. The Bertz CT molecular complexity index is 474. The van der Waals surface area contributed by atoms with Crippen LogP contribution < -0.4 is 5.32 Å². The summed E-state index contributed by atoms with van der Waals surface area (Å²) in [7, 11) is 1.66. The van der Waals surface area contributed by atoms with Gasteiger partial charge in [-0.2, -0.15) is 5.10 Å². The van der Waals surface area contributed by atoms with Crippen molar-refractivity contribution in [1.82, 2.24) is 15.1 Å². The van der Waals surface area contributed by atoms with Gasteiger partial charge in [-0.25, -0.2) is 4.79 Å². The zero-order chi connectivity index (χ0) is 13.7. The Labute approximate surface area is 113 Å². The molecule has 0 aliphatic rings. The Morgan fingerprint density at radius 1 is 1.61 bits per heavy atom. The van der Waals surface area contributed by atoms with Gasteiger partial charge < -0.3 is 10.1 Å². The standard InChI is InChI=1S/C11H14BrN3O3/c1-4-18-9(16)5-7(2)14-11(17)10-8(12)6-13-15(10)3/h5-6H,4H2,1-3H3,(H,14,17)/b7-5+. The molecule has 0 unspecified atom stereocenters. The van der Waals surface area contributed by atoms with Crippen molar-refractivity contribution in [2.75, 3.05) is 6.61 Å². The Morgan fingerprint density at radius 2 is 2.28 bits per heavy atom. The van der Waals surface area contributed by atoms with Crippen LogP contribution in [0.15, 0.2) is 22.4 Å². The Hall–Kier alpha value is -1.63. The van der Waals surface area contributed by atoms with E-state index in [-0.39, 0.29) is 5.91 Å². The number of ether oxygens (including phenoxy) is 1. The van der Waals surface area contributed by atoms with Crippen molar-refractivity contribution in [3.63, 3.8) is 0 Å². The molecule has 0 atom stereocenters. The van der Waals surface area contributed by atoms with Crippen molar-refractivity contribution < 1.29 is 14.3 Å². The second-order valence-electron chi connectivity index (χ2n) is 3.50. The zero-order valence-corrected chi connectivity index (χ0v) is 11.9. The van der Waals surface area contributed by atoms with E-state index in [4.69, 9.17) is 4.74 Å². The quantitative estimate of drug-likeness (QED) is 0.673. The Kier molecular flexibility index (Phi) is 5.08. The van der Waals surface area contributed by atoms with Gasteiger partial charge in [0.05, 0.1) is 17.3 Å². The van der Waals surface area contributed by atoms with Gasteiger partial charge in [0, 0.05) is 18.8 Å². The fourth-order valence-electron chi connectivity index (χ4n) is 1.30. The Morgan fingerprint density at radius 3 is 2.78 bits per heavy atom. The molecule has 7 heteroatoms. The molecule has 0 bridgehead atoms. The van der Waals surface area contributed by atoms with Gasteiger partial charge in [-0.1, -0.05) is 0 Å². The number of allylic oxidation sites excluding steroid dienone is 1. The highest BCUT2D eigenvalue weighted by molar-refractivity contribution is 9.10. The molecular weight excluding hydrogens is 302 g/mol. The minimum absolute atomic E-state index is 0.295. The molecular formula is C11H14BrN3O3. The van der Waals surface area contributed by atoms with E-state index in [1.165, 1.54) is 17.0 Å². The average Bonchev–Trinajstić information content (AvgIpc) is 2.58. The molecule has 1 N–H and O–H groups in total. The summed E-state index contributed by atoms with van der Waals surface area (Å²) in [6, 6.07) is 0. The van der Waals surface area contributed by atoms with Crippen molar-refractivity contribution in [3.8, 4) is 0 Å². The highest BCUT2D eigenvalue weighted by Gasteiger charge is 2.15. The molecule has 6 nitrogen and oxygen atoms in total. The maximum Gasteiger partial charge on any atom is 0.332 e. The first-order valence-electron chi connectivity index (χ1n) is 5.29. The largest absolute Gasteiger partial charge is 0.463 e.